The lowest BCUT2D eigenvalue weighted by Gasteiger charge is -2.01. The predicted octanol–water partition coefficient (Wildman–Crippen LogP) is 2.44. The van der Waals surface area contributed by atoms with E-state index in [1.54, 1.807) is 0 Å². The second kappa shape index (κ2) is 3.63. The van der Waals surface area contributed by atoms with Crippen LogP contribution in [-0.4, -0.2) is 6.29 Å². The van der Waals surface area contributed by atoms with Gasteiger partial charge < -0.3 is 4.79 Å². The first-order valence-electron chi connectivity index (χ1n) is 3.19. The lowest BCUT2D eigenvalue weighted by molar-refractivity contribution is -0.107. The first-order valence-corrected chi connectivity index (χ1v) is 3.62. The maximum Gasteiger partial charge on any atom is 0.142 e. The summed E-state index contributed by atoms with van der Waals surface area (Å²) >= 11 is 5.43. The molecule has 1 nitrogen and oxygen atoms in total. The number of aldehydes is 1. The minimum atomic E-state index is -0.991. The molecule has 0 aliphatic heterocycles. The van der Waals surface area contributed by atoms with Crippen LogP contribution in [0.25, 0.3) is 0 Å². The standard InChI is InChI=1S/C8H5ClF2O/c9-8(4-12)5-1-6(10)3-7(11)2-5/h1-4,8H. The van der Waals surface area contributed by atoms with Gasteiger partial charge in [0.25, 0.3) is 0 Å². The fourth-order valence-electron chi connectivity index (χ4n) is 0.813. The Morgan fingerprint density at radius 2 is 1.75 bits per heavy atom. The van der Waals surface area contributed by atoms with Gasteiger partial charge in [0.05, 0.1) is 0 Å². The molecule has 1 aromatic carbocycles. The molecule has 64 valence electrons. The molecule has 0 saturated carbocycles. The molecule has 4 heteroatoms. The van der Waals surface area contributed by atoms with Crippen LogP contribution in [0.4, 0.5) is 8.78 Å². The smallest absolute Gasteiger partial charge is 0.142 e. The van der Waals surface area contributed by atoms with Gasteiger partial charge in [0, 0.05) is 6.07 Å². The molecule has 0 saturated heterocycles. The third-order valence-electron chi connectivity index (χ3n) is 1.32. The van der Waals surface area contributed by atoms with E-state index in [0.717, 1.165) is 18.2 Å². The van der Waals surface area contributed by atoms with Crippen LogP contribution in [0.1, 0.15) is 10.9 Å². The van der Waals surface area contributed by atoms with Crippen molar-refractivity contribution in [2.24, 2.45) is 0 Å². The largest absolute Gasteiger partial charge is 0.301 e. The van der Waals surface area contributed by atoms with Gasteiger partial charge in [0.15, 0.2) is 0 Å². The van der Waals surface area contributed by atoms with Crippen molar-refractivity contribution in [2.45, 2.75) is 5.38 Å². The molecule has 0 aromatic heterocycles. The Morgan fingerprint density at radius 1 is 1.25 bits per heavy atom. The highest BCUT2D eigenvalue weighted by molar-refractivity contribution is 6.27. The van der Waals surface area contributed by atoms with Crippen molar-refractivity contribution in [1.29, 1.82) is 0 Å². The van der Waals surface area contributed by atoms with Gasteiger partial charge in [0.2, 0.25) is 0 Å². The Balaban J connectivity index is 3.08. The van der Waals surface area contributed by atoms with E-state index in [0.29, 0.717) is 6.29 Å². The molecule has 1 aromatic rings. The first kappa shape index (κ1) is 9.13. The number of hydrogen-bond acceptors (Lipinski definition) is 1. The van der Waals surface area contributed by atoms with E-state index in [-0.39, 0.29) is 5.56 Å². The number of alkyl halides is 1. The molecule has 1 unspecified atom stereocenters. The molecular weight excluding hydrogens is 186 g/mol. The third-order valence-corrected chi connectivity index (χ3v) is 1.68. The van der Waals surface area contributed by atoms with Gasteiger partial charge in [-0.15, -0.1) is 11.6 Å². The van der Waals surface area contributed by atoms with Crippen LogP contribution in [0, 0.1) is 11.6 Å². The van der Waals surface area contributed by atoms with E-state index in [9.17, 15) is 13.6 Å². The van der Waals surface area contributed by atoms with Gasteiger partial charge in [-0.2, -0.15) is 0 Å². The van der Waals surface area contributed by atoms with Crippen LogP contribution in [0.3, 0.4) is 0 Å². The predicted molar refractivity (Wildman–Crippen MR) is 41.0 cm³/mol. The average Bonchev–Trinajstić information content (AvgIpc) is 2.01. The first-order chi connectivity index (χ1) is 5.63. The summed E-state index contributed by atoms with van der Waals surface area (Å²) in [5.41, 5.74) is 0.129. The molecule has 0 spiro atoms. The summed E-state index contributed by atoms with van der Waals surface area (Å²) < 4.78 is 25.0. The lowest BCUT2D eigenvalue weighted by Crippen LogP contribution is -1.93. The SMILES string of the molecule is O=CC(Cl)c1cc(F)cc(F)c1. The van der Waals surface area contributed by atoms with Crippen LogP contribution in [0.5, 0.6) is 0 Å². The number of halogens is 3. The highest BCUT2D eigenvalue weighted by Crippen LogP contribution is 2.19. The maximum absolute atomic E-state index is 12.5. The summed E-state index contributed by atoms with van der Waals surface area (Å²) in [5, 5.41) is -0.991. The average molecular weight is 191 g/mol. The van der Waals surface area contributed by atoms with E-state index < -0.39 is 17.0 Å². The Morgan fingerprint density at radius 3 is 2.17 bits per heavy atom. The Labute approximate surface area is 73.0 Å². The maximum atomic E-state index is 12.5. The Kier molecular flexibility index (Phi) is 2.76. The second-order valence-corrected chi connectivity index (χ2v) is 2.71. The molecular formula is C8H5ClF2O. The van der Waals surface area contributed by atoms with Gasteiger partial charge in [-0.05, 0) is 17.7 Å². The van der Waals surface area contributed by atoms with E-state index in [1.807, 2.05) is 0 Å². The molecule has 0 N–H and O–H groups in total. The number of carbonyl (C=O) groups excluding carboxylic acids is 1. The molecule has 0 bridgehead atoms. The summed E-state index contributed by atoms with van der Waals surface area (Å²) in [6, 6.07) is 2.77. The lowest BCUT2D eigenvalue weighted by atomic mass is 10.1. The molecule has 0 heterocycles. The van der Waals surface area contributed by atoms with E-state index in [4.69, 9.17) is 11.6 Å². The molecule has 0 aliphatic rings. The van der Waals surface area contributed by atoms with Crippen LogP contribution < -0.4 is 0 Å². The van der Waals surface area contributed by atoms with Gasteiger partial charge in [-0.3, -0.25) is 0 Å². The van der Waals surface area contributed by atoms with Crippen LogP contribution in [0.15, 0.2) is 18.2 Å². The zero-order valence-corrected chi connectivity index (χ0v) is 6.68. The van der Waals surface area contributed by atoms with Gasteiger partial charge >= 0.3 is 0 Å². The summed E-state index contributed by atoms with van der Waals surface area (Å²) in [5.74, 6) is -1.48. The van der Waals surface area contributed by atoms with Gasteiger partial charge in [0.1, 0.15) is 23.3 Å². The third kappa shape index (κ3) is 2.01. The minimum Gasteiger partial charge on any atom is -0.301 e. The zero-order valence-electron chi connectivity index (χ0n) is 5.93. The van der Waals surface area contributed by atoms with Crippen molar-refractivity contribution in [3.63, 3.8) is 0 Å². The van der Waals surface area contributed by atoms with Crippen molar-refractivity contribution in [2.75, 3.05) is 0 Å². The second-order valence-electron chi connectivity index (χ2n) is 2.24. The zero-order chi connectivity index (χ0) is 9.14. The fraction of sp³-hybridized carbons (Fsp3) is 0.125. The van der Waals surface area contributed by atoms with Crippen molar-refractivity contribution >= 4 is 17.9 Å². The molecule has 0 radical (unpaired) electrons. The molecule has 0 amide bonds. The quantitative estimate of drug-likeness (QED) is 0.517. The van der Waals surface area contributed by atoms with Crippen molar-refractivity contribution in [1.82, 2.24) is 0 Å². The van der Waals surface area contributed by atoms with E-state index in [1.165, 1.54) is 0 Å². The number of hydrogen-bond donors (Lipinski definition) is 0. The van der Waals surface area contributed by atoms with Gasteiger partial charge in [-0.25, -0.2) is 8.78 Å². The number of benzene rings is 1. The summed E-state index contributed by atoms with van der Waals surface area (Å²) in [7, 11) is 0. The molecule has 12 heavy (non-hydrogen) atoms. The highest BCUT2D eigenvalue weighted by atomic mass is 35.5. The Bertz CT molecular complexity index is 281. The summed E-state index contributed by atoms with van der Waals surface area (Å²) in [6.07, 6.45) is 0.412. The summed E-state index contributed by atoms with van der Waals surface area (Å²) in [4.78, 5) is 10.2. The van der Waals surface area contributed by atoms with Crippen molar-refractivity contribution in [3.8, 4) is 0 Å². The molecule has 1 atom stereocenters. The van der Waals surface area contributed by atoms with Crippen LogP contribution in [0.2, 0.25) is 0 Å². The topological polar surface area (TPSA) is 17.1 Å². The molecule has 0 fully saturated rings. The fourth-order valence-corrected chi connectivity index (χ4v) is 0.939. The summed E-state index contributed by atoms with van der Waals surface area (Å²) in [6.45, 7) is 0. The molecule has 0 aliphatic carbocycles. The van der Waals surface area contributed by atoms with Crippen LogP contribution in [-0.2, 0) is 4.79 Å². The van der Waals surface area contributed by atoms with E-state index >= 15 is 0 Å². The van der Waals surface area contributed by atoms with Gasteiger partial charge in [-0.1, -0.05) is 0 Å². The minimum absolute atomic E-state index is 0.129. The van der Waals surface area contributed by atoms with Crippen molar-refractivity contribution in [3.05, 3.63) is 35.4 Å². The normalized spacial score (nSPS) is 12.6. The number of carbonyl (C=O) groups is 1. The number of rotatable bonds is 2. The van der Waals surface area contributed by atoms with Crippen LogP contribution >= 0.6 is 11.6 Å². The van der Waals surface area contributed by atoms with E-state index in [2.05, 4.69) is 0 Å². The van der Waals surface area contributed by atoms with Crippen molar-refractivity contribution < 1.29 is 13.6 Å². The molecule has 1 rings (SSSR count). The Hall–Kier alpha value is -0.960. The monoisotopic (exact) mass is 190 g/mol. The highest BCUT2D eigenvalue weighted by Gasteiger charge is 2.08.